The minimum absolute atomic E-state index is 0.341. The number of aromatic nitrogens is 1. The molecule has 0 amide bonds. The molecule has 1 aromatic rings. The third kappa shape index (κ3) is 4.09. The number of methoxy groups -OCH3 is 1. The van der Waals surface area contributed by atoms with Crippen molar-refractivity contribution in [3.05, 3.63) is 23.9 Å². The number of nitrogens with zero attached hydrogens (tertiary/aromatic N) is 2. The number of carbonyl (C=O) groups is 1. The summed E-state index contributed by atoms with van der Waals surface area (Å²) in [5.74, 6) is -0.541. The number of carboxylic acid groups (broad SMARTS) is 1. The minimum Gasteiger partial charge on any atom is -0.480 e. The van der Waals surface area contributed by atoms with Crippen LogP contribution in [-0.4, -0.2) is 35.8 Å². The number of nitriles is 1. The first-order chi connectivity index (χ1) is 8.17. The van der Waals surface area contributed by atoms with E-state index in [0.29, 0.717) is 24.4 Å². The number of ether oxygens (including phenoxy) is 1. The second-order valence-electron chi connectivity index (χ2n) is 3.36. The molecule has 1 atom stereocenters. The molecule has 0 aliphatic carbocycles. The molecule has 0 aliphatic rings. The first kappa shape index (κ1) is 12.9. The standard InChI is InChI=1S/C11H13N3O3/c1-17-5-4-9(11(15)16)14-10-3-2-8(6-12)7-13-10/h2-3,7,9H,4-5H2,1H3,(H,13,14)(H,15,16). The van der Waals surface area contributed by atoms with Crippen LogP contribution in [0.25, 0.3) is 0 Å². The van der Waals surface area contributed by atoms with Crippen LogP contribution in [0.5, 0.6) is 0 Å². The molecule has 1 unspecified atom stereocenters. The van der Waals surface area contributed by atoms with Crippen LogP contribution < -0.4 is 5.32 Å². The monoisotopic (exact) mass is 235 g/mol. The van der Waals surface area contributed by atoms with Crippen molar-refractivity contribution in [1.29, 1.82) is 5.26 Å². The molecule has 0 spiro atoms. The van der Waals surface area contributed by atoms with E-state index in [0.717, 1.165) is 0 Å². The summed E-state index contributed by atoms with van der Waals surface area (Å²) in [6, 6.07) is 4.33. The van der Waals surface area contributed by atoms with Gasteiger partial charge in [-0.3, -0.25) is 0 Å². The summed E-state index contributed by atoms with van der Waals surface area (Å²) >= 11 is 0. The van der Waals surface area contributed by atoms with Crippen LogP contribution in [0.15, 0.2) is 18.3 Å². The van der Waals surface area contributed by atoms with E-state index in [1.165, 1.54) is 13.3 Å². The average molecular weight is 235 g/mol. The fourth-order valence-electron chi connectivity index (χ4n) is 1.22. The summed E-state index contributed by atoms with van der Waals surface area (Å²) in [6.45, 7) is 0.347. The van der Waals surface area contributed by atoms with E-state index < -0.39 is 12.0 Å². The van der Waals surface area contributed by atoms with Crippen molar-refractivity contribution in [3.63, 3.8) is 0 Å². The summed E-state index contributed by atoms with van der Waals surface area (Å²) in [5.41, 5.74) is 0.430. The van der Waals surface area contributed by atoms with Crippen molar-refractivity contribution in [2.24, 2.45) is 0 Å². The molecule has 0 radical (unpaired) electrons. The van der Waals surface area contributed by atoms with Crippen LogP contribution in [0.1, 0.15) is 12.0 Å². The Morgan fingerprint density at radius 1 is 1.71 bits per heavy atom. The SMILES string of the molecule is COCCC(Nc1ccc(C#N)cn1)C(=O)O. The lowest BCUT2D eigenvalue weighted by atomic mass is 10.2. The molecule has 2 N–H and O–H groups in total. The number of rotatable bonds is 6. The summed E-state index contributed by atoms with van der Waals surface area (Å²) in [6.07, 6.45) is 1.73. The number of pyridine rings is 1. The molecule has 6 heteroatoms. The molecule has 1 rings (SSSR count). The van der Waals surface area contributed by atoms with Crippen LogP contribution in [0.2, 0.25) is 0 Å². The van der Waals surface area contributed by atoms with Crippen molar-refractivity contribution in [3.8, 4) is 6.07 Å². The number of hydrogen-bond donors (Lipinski definition) is 2. The highest BCUT2D eigenvalue weighted by Gasteiger charge is 2.16. The van der Waals surface area contributed by atoms with Crippen molar-refractivity contribution < 1.29 is 14.6 Å². The van der Waals surface area contributed by atoms with Crippen molar-refractivity contribution >= 4 is 11.8 Å². The predicted octanol–water partition coefficient (Wildman–Crippen LogP) is 0.855. The summed E-state index contributed by atoms with van der Waals surface area (Å²) in [5, 5.41) is 20.3. The van der Waals surface area contributed by atoms with Gasteiger partial charge in [-0.1, -0.05) is 0 Å². The number of anilines is 1. The van der Waals surface area contributed by atoms with Crippen LogP contribution in [-0.2, 0) is 9.53 Å². The summed E-state index contributed by atoms with van der Waals surface area (Å²) in [4.78, 5) is 14.9. The lowest BCUT2D eigenvalue weighted by Crippen LogP contribution is -2.30. The van der Waals surface area contributed by atoms with Gasteiger partial charge in [0.25, 0.3) is 0 Å². The van der Waals surface area contributed by atoms with Gasteiger partial charge in [-0.05, 0) is 12.1 Å². The Balaban J connectivity index is 2.65. The second-order valence-corrected chi connectivity index (χ2v) is 3.36. The van der Waals surface area contributed by atoms with Crippen LogP contribution in [0.3, 0.4) is 0 Å². The van der Waals surface area contributed by atoms with Gasteiger partial charge in [0.2, 0.25) is 0 Å². The fourth-order valence-corrected chi connectivity index (χ4v) is 1.22. The molecule has 0 fully saturated rings. The van der Waals surface area contributed by atoms with Gasteiger partial charge in [0, 0.05) is 26.3 Å². The van der Waals surface area contributed by atoms with E-state index in [1.807, 2.05) is 6.07 Å². The van der Waals surface area contributed by atoms with E-state index in [-0.39, 0.29) is 0 Å². The summed E-state index contributed by atoms with van der Waals surface area (Å²) in [7, 11) is 1.51. The first-order valence-corrected chi connectivity index (χ1v) is 5.02. The van der Waals surface area contributed by atoms with Crippen LogP contribution >= 0.6 is 0 Å². The average Bonchev–Trinajstić information content (AvgIpc) is 2.35. The Labute approximate surface area is 98.9 Å². The number of nitrogens with one attached hydrogen (secondary N) is 1. The van der Waals surface area contributed by atoms with Crippen LogP contribution in [0.4, 0.5) is 5.82 Å². The van der Waals surface area contributed by atoms with Gasteiger partial charge >= 0.3 is 5.97 Å². The maximum atomic E-state index is 10.9. The van der Waals surface area contributed by atoms with Gasteiger partial charge in [0.15, 0.2) is 0 Å². The lowest BCUT2D eigenvalue weighted by molar-refractivity contribution is -0.138. The highest BCUT2D eigenvalue weighted by molar-refractivity contribution is 5.76. The lowest BCUT2D eigenvalue weighted by Gasteiger charge is -2.14. The van der Waals surface area contributed by atoms with Gasteiger partial charge in [-0.15, -0.1) is 0 Å². The molecular formula is C11H13N3O3. The largest absolute Gasteiger partial charge is 0.480 e. The Morgan fingerprint density at radius 2 is 2.47 bits per heavy atom. The van der Waals surface area contributed by atoms with Gasteiger partial charge in [-0.25, -0.2) is 9.78 Å². The quantitative estimate of drug-likeness (QED) is 0.759. The first-order valence-electron chi connectivity index (χ1n) is 5.02. The van der Waals surface area contributed by atoms with Crippen molar-refractivity contribution in [2.45, 2.75) is 12.5 Å². The zero-order chi connectivity index (χ0) is 12.7. The highest BCUT2D eigenvalue weighted by Crippen LogP contribution is 2.08. The van der Waals surface area contributed by atoms with Gasteiger partial charge in [-0.2, -0.15) is 5.26 Å². The van der Waals surface area contributed by atoms with E-state index in [9.17, 15) is 4.79 Å². The third-order valence-electron chi connectivity index (χ3n) is 2.12. The Kier molecular flexibility index (Phi) is 4.91. The zero-order valence-electron chi connectivity index (χ0n) is 9.38. The molecule has 0 aliphatic heterocycles. The maximum absolute atomic E-state index is 10.9. The Hall–Kier alpha value is -2.13. The normalized spacial score (nSPS) is 11.5. The van der Waals surface area contributed by atoms with Gasteiger partial charge in [0.05, 0.1) is 5.56 Å². The maximum Gasteiger partial charge on any atom is 0.326 e. The molecule has 0 saturated carbocycles. The number of aliphatic carboxylic acids is 1. The van der Waals surface area contributed by atoms with Crippen molar-refractivity contribution in [1.82, 2.24) is 4.98 Å². The van der Waals surface area contributed by atoms with Crippen molar-refractivity contribution in [2.75, 3.05) is 19.0 Å². The molecule has 1 aromatic heterocycles. The predicted molar refractivity (Wildman–Crippen MR) is 60.5 cm³/mol. The van der Waals surface area contributed by atoms with E-state index in [2.05, 4.69) is 10.3 Å². The van der Waals surface area contributed by atoms with Gasteiger partial charge < -0.3 is 15.2 Å². The molecule has 0 saturated heterocycles. The van der Waals surface area contributed by atoms with Gasteiger partial charge in [0.1, 0.15) is 17.9 Å². The molecule has 17 heavy (non-hydrogen) atoms. The smallest absolute Gasteiger partial charge is 0.326 e. The molecule has 1 heterocycles. The Bertz CT molecular complexity index is 411. The Morgan fingerprint density at radius 3 is 2.94 bits per heavy atom. The van der Waals surface area contributed by atoms with E-state index >= 15 is 0 Å². The van der Waals surface area contributed by atoms with E-state index in [1.54, 1.807) is 12.1 Å². The molecule has 6 nitrogen and oxygen atoms in total. The molecule has 90 valence electrons. The number of carboxylic acids is 1. The molecule has 0 aromatic carbocycles. The molecular weight excluding hydrogens is 222 g/mol. The topological polar surface area (TPSA) is 95.2 Å². The third-order valence-corrected chi connectivity index (χ3v) is 2.12. The molecule has 0 bridgehead atoms. The van der Waals surface area contributed by atoms with E-state index in [4.69, 9.17) is 15.1 Å². The highest BCUT2D eigenvalue weighted by atomic mass is 16.5. The number of hydrogen-bond acceptors (Lipinski definition) is 5. The summed E-state index contributed by atoms with van der Waals surface area (Å²) < 4.78 is 4.83. The second kappa shape index (κ2) is 6.45. The zero-order valence-corrected chi connectivity index (χ0v) is 9.38. The minimum atomic E-state index is -0.965. The van der Waals surface area contributed by atoms with Crippen LogP contribution in [0, 0.1) is 11.3 Å². The fraction of sp³-hybridized carbons (Fsp3) is 0.364.